The molecule has 0 radical (unpaired) electrons. The molecular formula is C41H72NO8P. The molecule has 0 rings (SSSR count). The third kappa shape index (κ3) is 37.3. The highest BCUT2D eigenvalue weighted by Crippen LogP contribution is 2.43. The predicted molar refractivity (Wildman–Crippen MR) is 210 cm³/mol. The largest absolute Gasteiger partial charge is 0.472 e. The van der Waals surface area contributed by atoms with Crippen molar-refractivity contribution in [2.45, 2.75) is 161 Å². The number of nitrogens with two attached hydrogens (primary N) is 1. The number of esters is 2. The van der Waals surface area contributed by atoms with E-state index in [1.807, 2.05) is 0 Å². The number of rotatable bonds is 36. The molecule has 0 saturated carbocycles. The van der Waals surface area contributed by atoms with Gasteiger partial charge in [-0.25, -0.2) is 4.57 Å². The number of phosphoric acid groups is 1. The van der Waals surface area contributed by atoms with Gasteiger partial charge in [0.05, 0.1) is 13.2 Å². The maximum absolute atomic E-state index is 12.5. The monoisotopic (exact) mass is 737 g/mol. The van der Waals surface area contributed by atoms with Crippen LogP contribution in [-0.2, 0) is 32.7 Å². The van der Waals surface area contributed by atoms with E-state index in [9.17, 15) is 19.0 Å². The van der Waals surface area contributed by atoms with E-state index in [0.29, 0.717) is 12.8 Å². The zero-order valence-corrected chi connectivity index (χ0v) is 33.0. The molecule has 9 nitrogen and oxygen atoms in total. The number of allylic oxidation sites excluding steroid dienone is 10. The molecule has 0 bridgehead atoms. The number of carbonyl (C=O) groups is 2. The maximum Gasteiger partial charge on any atom is 0.472 e. The lowest BCUT2D eigenvalue weighted by Crippen LogP contribution is -2.29. The molecule has 2 atom stereocenters. The topological polar surface area (TPSA) is 134 Å². The van der Waals surface area contributed by atoms with Crippen LogP contribution >= 0.6 is 7.82 Å². The van der Waals surface area contributed by atoms with E-state index in [4.69, 9.17) is 24.3 Å². The number of unbranched alkanes of at least 4 members (excludes halogenated alkanes) is 13. The molecule has 0 spiro atoms. The Labute approximate surface area is 310 Å². The smallest absolute Gasteiger partial charge is 0.462 e. The van der Waals surface area contributed by atoms with Crippen LogP contribution in [0.5, 0.6) is 0 Å². The zero-order chi connectivity index (χ0) is 37.5. The van der Waals surface area contributed by atoms with Crippen molar-refractivity contribution in [1.82, 2.24) is 0 Å². The summed E-state index contributed by atoms with van der Waals surface area (Å²) in [5, 5.41) is 0. The summed E-state index contributed by atoms with van der Waals surface area (Å²) in [7, 11) is -4.38. The Kier molecular flexibility index (Phi) is 35.8. The first-order valence-corrected chi connectivity index (χ1v) is 21.3. The van der Waals surface area contributed by atoms with Crippen molar-refractivity contribution >= 4 is 19.8 Å². The molecule has 0 heterocycles. The second kappa shape index (κ2) is 37.5. The van der Waals surface area contributed by atoms with E-state index in [1.54, 1.807) is 0 Å². The Hall–Kier alpha value is -2.29. The van der Waals surface area contributed by atoms with Gasteiger partial charge < -0.3 is 20.1 Å². The quantitative estimate of drug-likeness (QED) is 0.0279. The molecule has 0 aliphatic rings. The zero-order valence-electron chi connectivity index (χ0n) is 32.1. The van der Waals surface area contributed by atoms with Crippen molar-refractivity contribution in [3.8, 4) is 0 Å². The van der Waals surface area contributed by atoms with Gasteiger partial charge in [0.1, 0.15) is 6.61 Å². The number of phosphoric ester groups is 1. The lowest BCUT2D eigenvalue weighted by molar-refractivity contribution is -0.161. The van der Waals surface area contributed by atoms with Gasteiger partial charge >= 0.3 is 19.8 Å². The summed E-state index contributed by atoms with van der Waals surface area (Å²) >= 11 is 0. The van der Waals surface area contributed by atoms with Crippen LogP contribution in [0.3, 0.4) is 0 Å². The first-order valence-electron chi connectivity index (χ1n) is 19.8. The SMILES string of the molecule is CCC=CCC=CCC=CCCCCCCCC(=O)OCC(COP(=O)(O)OCCN)OC(=O)CCCCCCCC=CCC=CCCCCC. The number of carbonyl (C=O) groups excluding carboxylic acids is 2. The summed E-state index contributed by atoms with van der Waals surface area (Å²) < 4.78 is 32.7. The average molecular weight is 738 g/mol. The van der Waals surface area contributed by atoms with Gasteiger partial charge in [0.2, 0.25) is 0 Å². The summed E-state index contributed by atoms with van der Waals surface area (Å²) in [6.45, 7) is 3.53. The minimum Gasteiger partial charge on any atom is -0.462 e. The van der Waals surface area contributed by atoms with E-state index in [2.05, 4.69) is 74.6 Å². The number of hydrogen-bond acceptors (Lipinski definition) is 8. The van der Waals surface area contributed by atoms with E-state index in [0.717, 1.165) is 89.9 Å². The molecule has 0 aliphatic heterocycles. The molecule has 51 heavy (non-hydrogen) atoms. The van der Waals surface area contributed by atoms with Crippen LogP contribution < -0.4 is 5.73 Å². The molecule has 294 valence electrons. The summed E-state index contributed by atoms with van der Waals surface area (Å²) in [6.07, 6.45) is 42.4. The minimum atomic E-state index is -4.38. The third-order valence-corrected chi connectivity index (χ3v) is 8.87. The highest BCUT2D eigenvalue weighted by Gasteiger charge is 2.25. The minimum absolute atomic E-state index is 0.0456. The summed E-state index contributed by atoms with van der Waals surface area (Å²) in [4.78, 5) is 34.8. The van der Waals surface area contributed by atoms with Crippen molar-refractivity contribution in [2.24, 2.45) is 5.73 Å². The summed E-state index contributed by atoms with van der Waals surface area (Å²) in [5.41, 5.74) is 5.33. The standard InChI is InChI=1S/C41H72NO8P/c1-3-5-7-9-11-13-15-17-19-21-23-25-27-29-31-33-40(43)47-37-39(38-49-51(45,46)48-36-35-42)50-41(44)34-32-30-28-26-24-22-20-18-16-14-12-10-8-6-4-2/h5,7,11-14,17-20,39H,3-4,6,8-10,15-16,21-38,42H2,1-2H3,(H,45,46). The van der Waals surface area contributed by atoms with Crippen LogP contribution in [-0.4, -0.2) is 49.3 Å². The molecular weight excluding hydrogens is 665 g/mol. The molecule has 0 aromatic carbocycles. The Morgan fingerprint density at radius 3 is 1.61 bits per heavy atom. The van der Waals surface area contributed by atoms with Gasteiger partial charge in [-0.2, -0.15) is 0 Å². The predicted octanol–water partition coefficient (Wildman–Crippen LogP) is 10.9. The van der Waals surface area contributed by atoms with Gasteiger partial charge in [0.15, 0.2) is 6.10 Å². The van der Waals surface area contributed by atoms with Crippen LogP contribution in [0.4, 0.5) is 0 Å². The molecule has 0 aromatic heterocycles. The second-order valence-electron chi connectivity index (χ2n) is 12.8. The van der Waals surface area contributed by atoms with Gasteiger partial charge in [-0.05, 0) is 77.0 Å². The number of hydrogen-bond donors (Lipinski definition) is 2. The highest BCUT2D eigenvalue weighted by atomic mass is 31.2. The first kappa shape index (κ1) is 48.7. The normalized spacial score (nSPS) is 14.0. The molecule has 2 unspecified atom stereocenters. The molecule has 0 fully saturated rings. The Morgan fingerprint density at radius 2 is 1.08 bits per heavy atom. The van der Waals surface area contributed by atoms with Gasteiger partial charge in [-0.1, -0.05) is 126 Å². The van der Waals surface area contributed by atoms with Gasteiger partial charge in [0.25, 0.3) is 0 Å². The third-order valence-electron chi connectivity index (χ3n) is 7.89. The number of ether oxygens (including phenoxy) is 2. The van der Waals surface area contributed by atoms with Crippen molar-refractivity contribution in [2.75, 3.05) is 26.4 Å². The van der Waals surface area contributed by atoms with E-state index >= 15 is 0 Å². The first-order chi connectivity index (χ1) is 24.8. The summed E-state index contributed by atoms with van der Waals surface area (Å²) in [5.74, 6) is -0.871. The maximum atomic E-state index is 12.5. The second-order valence-corrected chi connectivity index (χ2v) is 14.2. The fraction of sp³-hybridized carbons (Fsp3) is 0.707. The lowest BCUT2D eigenvalue weighted by atomic mass is 10.1. The van der Waals surface area contributed by atoms with Crippen LogP contribution in [0.2, 0.25) is 0 Å². The van der Waals surface area contributed by atoms with Crippen molar-refractivity contribution in [3.63, 3.8) is 0 Å². The van der Waals surface area contributed by atoms with Crippen molar-refractivity contribution in [3.05, 3.63) is 60.8 Å². The van der Waals surface area contributed by atoms with Crippen molar-refractivity contribution < 1.29 is 37.6 Å². The summed E-state index contributed by atoms with van der Waals surface area (Å²) in [6, 6.07) is 0. The van der Waals surface area contributed by atoms with E-state index < -0.39 is 32.5 Å². The van der Waals surface area contributed by atoms with Gasteiger partial charge in [0, 0.05) is 19.4 Å². The Morgan fingerprint density at radius 1 is 0.608 bits per heavy atom. The van der Waals surface area contributed by atoms with E-state index in [1.165, 1.54) is 25.7 Å². The van der Waals surface area contributed by atoms with Crippen LogP contribution in [0.25, 0.3) is 0 Å². The highest BCUT2D eigenvalue weighted by molar-refractivity contribution is 7.47. The molecule has 0 saturated heterocycles. The van der Waals surface area contributed by atoms with Crippen LogP contribution in [0.1, 0.15) is 155 Å². The van der Waals surface area contributed by atoms with E-state index in [-0.39, 0.29) is 32.6 Å². The molecule has 0 aliphatic carbocycles. The Balaban J connectivity index is 4.27. The fourth-order valence-corrected chi connectivity index (χ4v) is 5.74. The fourth-order valence-electron chi connectivity index (χ4n) is 4.97. The Bertz CT molecular complexity index is 1020. The molecule has 3 N–H and O–H groups in total. The van der Waals surface area contributed by atoms with Gasteiger partial charge in [-0.3, -0.25) is 18.6 Å². The molecule has 10 heteroatoms. The van der Waals surface area contributed by atoms with Crippen LogP contribution in [0.15, 0.2) is 60.8 Å². The molecule has 0 amide bonds. The van der Waals surface area contributed by atoms with Crippen molar-refractivity contribution in [1.29, 1.82) is 0 Å². The van der Waals surface area contributed by atoms with Crippen LogP contribution in [0, 0.1) is 0 Å². The average Bonchev–Trinajstić information content (AvgIpc) is 3.11. The molecule has 0 aromatic rings. The lowest BCUT2D eigenvalue weighted by Gasteiger charge is -2.19. The van der Waals surface area contributed by atoms with Gasteiger partial charge in [-0.15, -0.1) is 0 Å².